The first kappa shape index (κ1) is 15.9. The third-order valence-corrected chi connectivity index (χ3v) is 2.77. The Labute approximate surface area is 112 Å². The predicted molar refractivity (Wildman–Crippen MR) is 65.7 cm³/mol. The first-order valence-corrected chi connectivity index (χ1v) is 5.67. The van der Waals surface area contributed by atoms with Crippen LogP contribution in [0, 0.1) is 15.5 Å². The number of nitro groups is 1. The van der Waals surface area contributed by atoms with Crippen molar-refractivity contribution in [2.45, 2.75) is 19.5 Å². The molecule has 1 unspecified atom stereocenters. The van der Waals surface area contributed by atoms with Crippen LogP contribution in [-0.4, -0.2) is 23.6 Å². The van der Waals surface area contributed by atoms with Crippen LogP contribution >= 0.6 is 0 Å². The minimum atomic E-state index is -4.84. The van der Waals surface area contributed by atoms with Crippen LogP contribution in [0.5, 0.6) is 0 Å². The molecule has 1 aromatic carbocycles. The van der Waals surface area contributed by atoms with E-state index in [0.29, 0.717) is 12.6 Å². The largest absolute Gasteiger partial charge is 0.401 e. The van der Waals surface area contributed by atoms with Crippen molar-refractivity contribution in [1.29, 1.82) is 0 Å². The molecule has 1 rings (SSSR count). The van der Waals surface area contributed by atoms with Gasteiger partial charge in [0.25, 0.3) is 0 Å². The summed E-state index contributed by atoms with van der Waals surface area (Å²) in [5.74, 6) is -0.919. The van der Waals surface area contributed by atoms with Gasteiger partial charge >= 0.3 is 6.18 Å². The highest BCUT2D eigenvalue weighted by atomic mass is 19.4. The number of carbonyl (C=O) groups excluding carboxylic acids is 1. The second kappa shape index (κ2) is 5.89. The molecule has 0 aliphatic carbocycles. The highest BCUT2D eigenvalue weighted by Crippen LogP contribution is 2.41. The van der Waals surface area contributed by atoms with E-state index in [1.807, 2.05) is 0 Å². The van der Waals surface area contributed by atoms with Crippen molar-refractivity contribution in [3.05, 3.63) is 40.4 Å². The van der Waals surface area contributed by atoms with Gasteiger partial charge in [-0.2, -0.15) is 13.2 Å². The molecular formula is C12H13F3N2O3. The van der Waals surface area contributed by atoms with Crippen LogP contribution in [-0.2, 0) is 4.79 Å². The lowest BCUT2D eigenvalue weighted by atomic mass is 9.85. The molecular weight excluding hydrogens is 277 g/mol. The van der Waals surface area contributed by atoms with Gasteiger partial charge in [-0.25, -0.2) is 0 Å². The molecule has 0 saturated heterocycles. The summed E-state index contributed by atoms with van der Waals surface area (Å²) in [6.45, 7) is -0.681. The number of hydrogen-bond acceptors (Lipinski definition) is 3. The molecule has 1 aromatic rings. The maximum absolute atomic E-state index is 12.9. The fraction of sp³-hybridized carbons (Fsp3) is 0.417. The Balaban J connectivity index is 2.80. The molecule has 0 aliphatic rings. The lowest BCUT2D eigenvalue weighted by Gasteiger charge is -2.27. The van der Waals surface area contributed by atoms with Crippen molar-refractivity contribution in [2.75, 3.05) is 11.9 Å². The second-order valence-electron chi connectivity index (χ2n) is 4.64. The smallest absolute Gasteiger partial charge is 0.326 e. The van der Waals surface area contributed by atoms with E-state index in [1.165, 1.54) is 12.1 Å². The zero-order chi connectivity index (χ0) is 15.4. The molecule has 1 atom stereocenters. The van der Waals surface area contributed by atoms with E-state index in [9.17, 15) is 28.1 Å². The number of para-hydroxylation sites is 1. The third kappa shape index (κ3) is 4.22. The number of hydrogen-bond donors (Lipinski definition) is 1. The van der Waals surface area contributed by atoms with Crippen LogP contribution < -0.4 is 5.32 Å². The number of alkyl halides is 3. The summed E-state index contributed by atoms with van der Waals surface area (Å²) in [6.07, 6.45) is -5.85. The molecule has 0 bridgehead atoms. The summed E-state index contributed by atoms with van der Waals surface area (Å²) < 4.78 is 38.6. The fourth-order valence-electron chi connectivity index (χ4n) is 1.61. The van der Waals surface area contributed by atoms with E-state index >= 15 is 0 Å². The van der Waals surface area contributed by atoms with E-state index in [1.54, 1.807) is 18.2 Å². The van der Waals surface area contributed by atoms with Crippen molar-refractivity contribution < 1.29 is 22.9 Å². The average molecular weight is 290 g/mol. The Kier molecular flexibility index (Phi) is 4.69. The van der Waals surface area contributed by atoms with Crippen LogP contribution in [0.1, 0.15) is 13.3 Å². The molecule has 0 spiro atoms. The Morgan fingerprint density at radius 1 is 1.30 bits per heavy atom. The summed E-state index contributed by atoms with van der Waals surface area (Å²) in [5.41, 5.74) is -2.36. The van der Waals surface area contributed by atoms with Gasteiger partial charge in [0, 0.05) is 17.0 Å². The number of nitrogens with zero attached hydrogens (tertiary/aromatic N) is 1. The van der Waals surface area contributed by atoms with Crippen LogP contribution in [0.3, 0.4) is 0 Å². The Bertz CT molecular complexity index is 490. The Hall–Kier alpha value is -2.12. The number of amides is 1. The van der Waals surface area contributed by atoms with Crippen molar-refractivity contribution in [1.82, 2.24) is 0 Å². The SMILES string of the molecule is CC(CC(=O)Nc1ccccc1)(C[N+](=O)[O-])C(F)(F)F. The monoisotopic (exact) mass is 290 g/mol. The zero-order valence-corrected chi connectivity index (χ0v) is 10.6. The molecule has 110 valence electrons. The molecule has 1 amide bonds. The average Bonchev–Trinajstić information content (AvgIpc) is 2.27. The van der Waals surface area contributed by atoms with Crippen molar-refractivity contribution in [3.8, 4) is 0 Å². The first-order chi connectivity index (χ1) is 9.14. The van der Waals surface area contributed by atoms with E-state index in [2.05, 4.69) is 5.32 Å². The summed E-state index contributed by atoms with van der Waals surface area (Å²) in [6, 6.07) is 7.92. The molecule has 0 saturated carbocycles. The number of carbonyl (C=O) groups is 1. The van der Waals surface area contributed by atoms with Crippen LogP contribution in [0.25, 0.3) is 0 Å². The lowest BCUT2D eigenvalue weighted by molar-refractivity contribution is -0.509. The molecule has 20 heavy (non-hydrogen) atoms. The first-order valence-electron chi connectivity index (χ1n) is 5.67. The number of halogens is 3. The highest BCUT2D eigenvalue weighted by Gasteiger charge is 2.55. The van der Waals surface area contributed by atoms with Crippen LogP contribution in [0.2, 0.25) is 0 Å². The van der Waals surface area contributed by atoms with E-state index in [0.717, 1.165) is 0 Å². The summed E-state index contributed by atoms with van der Waals surface area (Å²) >= 11 is 0. The quantitative estimate of drug-likeness (QED) is 0.669. The highest BCUT2D eigenvalue weighted by molar-refractivity contribution is 5.91. The van der Waals surface area contributed by atoms with Crippen LogP contribution in [0.15, 0.2) is 30.3 Å². The summed E-state index contributed by atoms with van der Waals surface area (Å²) in [4.78, 5) is 20.9. The van der Waals surface area contributed by atoms with Gasteiger partial charge in [-0.1, -0.05) is 18.2 Å². The topological polar surface area (TPSA) is 72.2 Å². The summed E-state index contributed by atoms with van der Waals surface area (Å²) in [7, 11) is 0. The minimum absolute atomic E-state index is 0.336. The lowest BCUT2D eigenvalue weighted by Crippen LogP contribution is -2.43. The molecule has 0 radical (unpaired) electrons. The minimum Gasteiger partial charge on any atom is -0.326 e. The molecule has 0 aromatic heterocycles. The molecule has 8 heteroatoms. The van der Waals surface area contributed by atoms with Gasteiger partial charge in [0.05, 0.1) is 0 Å². The van der Waals surface area contributed by atoms with Gasteiger partial charge in [0.1, 0.15) is 5.41 Å². The van der Waals surface area contributed by atoms with Crippen molar-refractivity contribution in [2.24, 2.45) is 5.41 Å². The Morgan fingerprint density at radius 3 is 2.30 bits per heavy atom. The second-order valence-corrected chi connectivity index (χ2v) is 4.64. The van der Waals surface area contributed by atoms with Gasteiger partial charge in [-0.3, -0.25) is 14.9 Å². The number of anilines is 1. The zero-order valence-electron chi connectivity index (χ0n) is 10.6. The van der Waals surface area contributed by atoms with E-state index in [-0.39, 0.29) is 0 Å². The van der Waals surface area contributed by atoms with Crippen molar-refractivity contribution in [3.63, 3.8) is 0 Å². The molecule has 1 N–H and O–H groups in total. The maximum Gasteiger partial charge on any atom is 0.401 e. The van der Waals surface area contributed by atoms with Gasteiger partial charge in [0.2, 0.25) is 12.5 Å². The van der Waals surface area contributed by atoms with Gasteiger partial charge in [0.15, 0.2) is 0 Å². The molecule has 5 nitrogen and oxygen atoms in total. The predicted octanol–water partition coefficient (Wildman–Crippen LogP) is 2.86. The van der Waals surface area contributed by atoms with Gasteiger partial charge in [-0.15, -0.1) is 0 Å². The molecule has 0 aliphatic heterocycles. The third-order valence-electron chi connectivity index (χ3n) is 2.77. The Morgan fingerprint density at radius 2 is 1.85 bits per heavy atom. The normalized spacial score (nSPS) is 14.4. The molecule has 0 heterocycles. The number of nitrogens with one attached hydrogen (secondary N) is 1. The van der Waals surface area contributed by atoms with Gasteiger partial charge in [-0.05, 0) is 19.1 Å². The maximum atomic E-state index is 12.9. The van der Waals surface area contributed by atoms with Crippen molar-refractivity contribution >= 4 is 11.6 Å². The van der Waals surface area contributed by atoms with E-state index < -0.39 is 35.4 Å². The van der Waals surface area contributed by atoms with Crippen LogP contribution in [0.4, 0.5) is 18.9 Å². The summed E-state index contributed by atoms with van der Waals surface area (Å²) in [5, 5.41) is 12.7. The van der Waals surface area contributed by atoms with E-state index in [4.69, 9.17) is 0 Å². The number of benzene rings is 1. The van der Waals surface area contributed by atoms with Gasteiger partial charge < -0.3 is 5.32 Å². The fourth-order valence-corrected chi connectivity index (χ4v) is 1.61. The molecule has 0 fully saturated rings. The number of rotatable bonds is 5. The standard InChI is InChI=1S/C12H13F3N2O3/c1-11(8-17(19)20,12(13,14)15)7-10(18)16-9-5-3-2-4-6-9/h2-6H,7-8H2,1H3,(H,16,18).